The van der Waals surface area contributed by atoms with Crippen LogP contribution in [0.15, 0.2) is 24.3 Å². The number of carbonyl (C=O) groups is 3. The molecule has 0 bridgehead atoms. The minimum Gasteiger partial charge on any atom is -0.462 e. The van der Waals surface area contributed by atoms with Crippen LogP contribution in [0.25, 0.3) is 0 Å². The topological polar surface area (TPSA) is 78.9 Å². The van der Waals surface area contributed by atoms with Crippen LogP contribution in [-0.2, 0) is 28.6 Å². The van der Waals surface area contributed by atoms with Crippen molar-refractivity contribution < 1.29 is 28.6 Å². The molecule has 0 aromatic heterocycles. The van der Waals surface area contributed by atoms with E-state index in [4.69, 9.17) is 14.2 Å². The van der Waals surface area contributed by atoms with E-state index in [2.05, 4.69) is 45.1 Å². The smallest absolute Gasteiger partial charge is 0.306 e. The third-order valence-electron chi connectivity index (χ3n) is 16.9. The second-order valence-corrected chi connectivity index (χ2v) is 25.2. The van der Waals surface area contributed by atoms with Crippen molar-refractivity contribution in [2.24, 2.45) is 0 Å². The quantitative estimate of drug-likeness (QED) is 0.0261. The molecule has 0 N–H and O–H groups in total. The molecule has 81 heavy (non-hydrogen) atoms. The Labute approximate surface area is 506 Å². The molecule has 0 amide bonds. The molecular weight excluding hydrogens is 997 g/mol. The predicted molar refractivity (Wildman–Crippen MR) is 353 cm³/mol. The summed E-state index contributed by atoms with van der Waals surface area (Å²) in [5, 5.41) is 0. The van der Waals surface area contributed by atoms with Crippen LogP contribution in [0, 0.1) is 0 Å². The van der Waals surface area contributed by atoms with Gasteiger partial charge in [0.2, 0.25) is 0 Å². The SMILES string of the molecule is CCCCCCCC/C=C\CCCCCCCC(=O)OCC(COC(=O)CCCCCCCCCCCCCCCCCCCCCCCCCCCCCCCCCCC)OC(=O)CCCCCCC/C=C\CCCCCCCC. The lowest BCUT2D eigenvalue weighted by Crippen LogP contribution is -2.30. The van der Waals surface area contributed by atoms with Gasteiger partial charge in [-0.15, -0.1) is 0 Å². The zero-order chi connectivity index (χ0) is 58.5. The van der Waals surface area contributed by atoms with Crippen molar-refractivity contribution in [3.63, 3.8) is 0 Å². The first-order valence-electron chi connectivity index (χ1n) is 36.8. The van der Waals surface area contributed by atoms with Crippen molar-refractivity contribution in [3.05, 3.63) is 24.3 Å². The van der Waals surface area contributed by atoms with E-state index in [1.54, 1.807) is 0 Å². The van der Waals surface area contributed by atoms with Crippen LogP contribution in [0.2, 0.25) is 0 Å². The van der Waals surface area contributed by atoms with Gasteiger partial charge in [-0.25, -0.2) is 0 Å². The van der Waals surface area contributed by atoms with Crippen LogP contribution in [0.5, 0.6) is 0 Å². The van der Waals surface area contributed by atoms with Gasteiger partial charge in [0.25, 0.3) is 0 Å². The molecule has 0 rings (SSSR count). The zero-order valence-electron chi connectivity index (χ0n) is 55.1. The summed E-state index contributed by atoms with van der Waals surface area (Å²) in [6, 6.07) is 0. The van der Waals surface area contributed by atoms with Gasteiger partial charge >= 0.3 is 17.9 Å². The molecule has 478 valence electrons. The molecule has 0 aliphatic rings. The van der Waals surface area contributed by atoms with Gasteiger partial charge in [0.1, 0.15) is 13.2 Å². The fraction of sp³-hybridized carbons (Fsp3) is 0.907. The standard InChI is InChI=1S/C75H142O6/c1-4-7-10-13-16-19-22-25-28-29-30-31-32-33-34-35-36-37-38-39-40-41-42-43-44-45-48-50-53-56-59-62-65-68-74(77)80-71-72(81-75(78)69-66-63-60-57-54-51-47-27-24-21-18-15-12-9-6-3)70-79-73(76)67-64-61-58-55-52-49-46-26-23-20-17-14-11-8-5-2/h26-27,46-47,72H,4-25,28-45,48-71H2,1-3H3/b46-26-,47-27-. The first-order chi connectivity index (χ1) is 40.0. The number of unbranched alkanes of at least 4 members (excludes halogenated alkanes) is 54. The summed E-state index contributed by atoms with van der Waals surface area (Å²) in [5.41, 5.74) is 0. The lowest BCUT2D eigenvalue weighted by Gasteiger charge is -2.18. The maximum atomic E-state index is 12.9. The molecule has 0 aromatic carbocycles. The Morgan fingerprint density at radius 1 is 0.235 bits per heavy atom. The van der Waals surface area contributed by atoms with Crippen LogP contribution >= 0.6 is 0 Å². The number of carbonyl (C=O) groups excluding carboxylic acids is 3. The number of hydrogen-bond donors (Lipinski definition) is 0. The molecule has 0 heterocycles. The highest BCUT2D eigenvalue weighted by Crippen LogP contribution is 2.19. The van der Waals surface area contributed by atoms with E-state index in [9.17, 15) is 14.4 Å². The Balaban J connectivity index is 4.09. The summed E-state index contributed by atoms with van der Waals surface area (Å²) in [5.74, 6) is -0.860. The highest BCUT2D eigenvalue weighted by molar-refractivity contribution is 5.71. The number of allylic oxidation sites excluding steroid dienone is 4. The fourth-order valence-corrected chi connectivity index (χ4v) is 11.4. The van der Waals surface area contributed by atoms with E-state index >= 15 is 0 Å². The molecule has 0 spiro atoms. The maximum Gasteiger partial charge on any atom is 0.306 e. The summed E-state index contributed by atoms with van der Waals surface area (Å²) < 4.78 is 17.0. The van der Waals surface area contributed by atoms with Gasteiger partial charge < -0.3 is 14.2 Å². The maximum absolute atomic E-state index is 12.9. The summed E-state index contributed by atoms with van der Waals surface area (Å²) in [6.45, 7) is 6.69. The average molecular weight is 1140 g/mol. The van der Waals surface area contributed by atoms with Crippen molar-refractivity contribution in [2.45, 2.75) is 425 Å². The Hall–Kier alpha value is -2.11. The Morgan fingerprint density at radius 3 is 0.617 bits per heavy atom. The van der Waals surface area contributed by atoms with Gasteiger partial charge in [-0.3, -0.25) is 14.4 Å². The Kier molecular flexibility index (Phi) is 68.5. The van der Waals surface area contributed by atoms with Crippen molar-refractivity contribution in [2.75, 3.05) is 13.2 Å². The first-order valence-corrected chi connectivity index (χ1v) is 36.8. The molecule has 0 aliphatic carbocycles. The predicted octanol–water partition coefficient (Wildman–Crippen LogP) is 25.3. The molecule has 0 aliphatic heterocycles. The second-order valence-electron chi connectivity index (χ2n) is 25.2. The summed E-state index contributed by atoms with van der Waals surface area (Å²) >= 11 is 0. The van der Waals surface area contributed by atoms with E-state index in [-0.39, 0.29) is 31.1 Å². The third kappa shape index (κ3) is 68.6. The molecule has 0 aromatic rings. The van der Waals surface area contributed by atoms with Gasteiger partial charge in [0.05, 0.1) is 0 Å². The summed E-state index contributed by atoms with van der Waals surface area (Å²) in [6.07, 6.45) is 86.7. The van der Waals surface area contributed by atoms with Crippen LogP contribution < -0.4 is 0 Å². The van der Waals surface area contributed by atoms with Crippen molar-refractivity contribution in [1.82, 2.24) is 0 Å². The number of rotatable bonds is 69. The van der Waals surface area contributed by atoms with E-state index < -0.39 is 6.10 Å². The lowest BCUT2D eigenvalue weighted by atomic mass is 10.0. The van der Waals surface area contributed by atoms with Gasteiger partial charge in [-0.05, 0) is 70.6 Å². The van der Waals surface area contributed by atoms with E-state index in [1.165, 1.54) is 308 Å². The first kappa shape index (κ1) is 78.9. The lowest BCUT2D eigenvalue weighted by molar-refractivity contribution is -0.167. The highest BCUT2D eigenvalue weighted by Gasteiger charge is 2.19. The van der Waals surface area contributed by atoms with Crippen molar-refractivity contribution >= 4 is 17.9 Å². The molecule has 0 saturated carbocycles. The zero-order valence-corrected chi connectivity index (χ0v) is 55.1. The Morgan fingerprint density at radius 2 is 0.407 bits per heavy atom. The highest BCUT2D eigenvalue weighted by atomic mass is 16.6. The monoisotopic (exact) mass is 1140 g/mol. The molecular formula is C75H142O6. The van der Waals surface area contributed by atoms with E-state index in [1.807, 2.05) is 0 Å². The molecule has 1 unspecified atom stereocenters. The number of ether oxygens (including phenoxy) is 3. The van der Waals surface area contributed by atoms with Crippen LogP contribution in [0.1, 0.15) is 419 Å². The fourth-order valence-electron chi connectivity index (χ4n) is 11.4. The minimum absolute atomic E-state index is 0.0721. The molecule has 1 atom stereocenters. The third-order valence-corrected chi connectivity index (χ3v) is 16.9. The summed E-state index contributed by atoms with van der Waals surface area (Å²) in [7, 11) is 0. The van der Waals surface area contributed by atoms with Crippen molar-refractivity contribution in [3.8, 4) is 0 Å². The number of esters is 3. The van der Waals surface area contributed by atoms with E-state index in [0.29, 0.717) is 19.3 Å². The summed E-state index contributed by atoms with van der Waals surface area (Å²) in [4.78, 5) is 38.4. The number of hydrogen-bond acceptors (Lipinski definition) is 6. The molecule has 0 saturated heterocycles. The largest absolute Gasteiger partial charge is 0.462 e. The van der Waals surface area contributed by atoms with Gasteiger partial charge in [-0.1, -0.05) is 353 Å². The van der Waals surface area contributed by atoms with E-state index in [0.717, 1.165) is 70.6 Å². The molecule has 6 heteroatoms. The van der Waals surface area contributed by atoms with Crippen LogP contribution in [0.3, 0.4) is 0 Å². The van der Waals surface area contributed by atoms with Gasteiger partial charge in [0.15, 0.2) is 6.10 Å². The molecule has 0 fully saturated rings. The van der Waals surface area contributed by atoms with Crippen LogP contribution in [0.4, 0.5) is 0 Å². The normalized spacial score (nSPS) is 12.1. The average Bonchev–Trinajstić information content (AvgIpc) is 3.47. The van der Waals surface area contributed by atoms with Gasteiger partial charge in [0, 0.05) is 19.3 Å². The molecule has 6 nitrogen and oxygen atoms in total. The molecule has 0 radical (unpaired) electrons. The van der Waals surface area contributed by atoms with Crippen LogP contribution in [-0.4, -0.2) is 37.2 Å². The van der Waals surface area contributed by atoms with Gasteiger partial charge in [-0.2, -0.15) is 0 Å². The Bertz CT molecular complexity index is 1310. The second kappa shape index (κ2) is 70.4. The minimum atomic E-state index is -0.777. The van der Waals surface area contributed by atoms with Crippen molar-refractivity contribution in [1.29, 1.82) is 0 Å².